The van der Waals surface area contributed by atoms with E-state index in [-0.39, 0.29) is 18.8 Å². The molecule has 4 nitrogen and oxygen atoms in total. The first-order valence-electron chi connectivity index (χ1n) is 5.03. The number of ether oxygens (including phenoxy) is 3. The van der Waals surface area contributed by atoms with Gasteiger partial charge in [0.1, 0.15) is 13.2 Å². The zero-order chi connectivity index (χ0) is 11.5. The number of hydrogen-bond donors (Lipinski definition) is 1. The lowest BCUT2D eigenvalue weighted by atomic mass is 10.1. The molecular weight excluding hydrogens is 215 g/mol. The molecule has 1 N–H and O–H groups in total. The van der Waals surface area contributed by atoms with E-state index >= 15 is 0 Å². The number of aliphatic hydroxyl groups is 1. The van der Waals surface area contributed by atoms with Crippen molar-refractivity contribution < 1.29 is 23.7 Å². The Bertz CT molecular complexity index is 392. The summed E-state index contributed by atoms with van der Waals surface area (Å²) in [5.74, 6) is 0.444. The van der Waals surface area contributed by atoms with Crippen LogP contribution < -0.4 is 14.2 Å². The van der Waals surface area contributed by atoms with Crippen molar-refractivity contribution >= 4 is 0 Å². The number of benzene rings is 1. The lowest BCUT2D eigenvalue weighted by molar-refractivity contribution is 0.166. The summed E-state index contributed by atoms with van der Waals surface area (Å²) < 4.78 is 29.3. The van der Waals surface area contributed by atoms with Gasteiger partial charge in [-0.2, -0.15) is 0 Å². The molecule has 0 saturated carbocycles. The Kier molecular flexibility index (Phi) is 3.14. The van der Waals surface area contributed by atoms with Crippen molar-refractivity contribution in [3.8, 4) is 17.2 Å². The van der Waals surface area contributed by atoms with E-state index in [2.05, 4.69) is 0 Å². The van der Waals surface area contributed by atoms with Gasteiger partial charge in [0.25, 0.3) is 0 Å². The van der Waals surface area contributed by atoms with Crippen LogP contribution in [0.5, 0.6) is 17.2 Å². The highest BCUT2D eigenvalue weighted by Gasteiger charge is 2.23. The first kappa shape index (κ1) is 11.0. The van der Waals surface area contributed by atoms with Crippen LogP contribution in [0.25, 0.3) is 0 Å². The minimum absolute atomic E-state index is 0.102. The van der Waals surface area contributed by atoms with Crippen molar-refractivity contribution in [2.45, 2.75) is 6.42 Å². The van der Waals surface area contributed by atoms with Crippen LogP contribution in [0.15, 0.2) is 6.07 Å². The average molecular weight is 228 g/mol. The van der Waals surface area contributed by atoms with Crippen molar-refractivity contribution in [2.75, 3.05) is 26.9 Å². The second kappa shape index (κ2) is 4.57. The molecule has 1 aliphatic heterocycles. The highest BCUT2D eigenvalue weighted by molar-refractivity contribution is 5.55. The molecule has 0 radical (unpaired) electrons. The lowest BCUT2D eigenvalue weighted by Gasteiger charge is -2.22. The summed E-state index contributed by atoms with van der Waals surface area (Å²) in [6.45, 7) is 0.715. The first-order chi connectivity index (χ1) is 7.77. The highest BCUT2D eigenvalue weighted by Crippen LogP contribution is 2.41. The zero-order valence-electron chi connectivity index (χ0n) is 8.96. The topological polar surface area (TPSA) is 47.9 Å². The summed E-state index contributed by atoms with van der Waals surface area (Å²) >= 11 is 0. The standard InChI is InChI=1S/C11H13FO4/c1-14-10-7(2-3-13)11-9(6-8(10)12)15-4-5-16-11/h6,13H,2-5H2,1H3. The maximum atomic E-state index is 13.6. The van der Waals surface area contributed by atoms with Crippen LogP contribution in [0.3, 0.4) is 0 Å². The Morgan fingerprint density at radius 2 is 2.19 bits per heavy atom. The molecule has 0 spiro atoms. The Morgan fingerprint density at radius 1 is 1.44 bits per heavy atom. The largest absolute Gasteiger partial charge is 0.493 e. The fourth-order valence-corrected chi connectivity index (χ4v) is 1.76. The molecule has 16 heavy (non-hydrogen) atoms. The van der Waals surface area contributed by atoms with E-state index in [9.17, 15) is 4.39 Å². The van der Waals surface area contributed by atoms with Crippen LogP contribution in [0.4, 0.5) is 4.39 Å². The maximum Gasteiger partial charge on any atom is 0.169 e. The van der Waals surface area contributed by atoms with E-state index in [1.807, 2.05) is 0 Å². The Hall–Kier alpha value is -1.49. The van der Waals surface area contributed by atoms with Gasteiger partial charge in [-0.15, -0.1) is 0 Å². The van der Waals surface area contributed by atoms with E-state index in [0.29, 0.717) is 30.3 Å². The summed E-state index contributed by atoms with van der Waals surface area (Å²) in [5.41, 5.74) is 0.514. The Balaban J connectivity index is 2.54. The summed E-state index contributed by atoms with van der Waals surface area (Å²) in [6, 6.07) is 1.24. The van der Waals surface area contributed by atoms with Crippen LogP contribution in [-0.2, 0) is 6.42 Å². The lowest BCUT2D eigenvalue weighted by Crippen LogP contribution is -2.18. The molecule has 0 unspecified atom stereocenters. The molecule has 1 aliphatic rings. The monoisotopic (exact) mass is 228 g/mol. The molecule has 1 aromatic rings. The van der Waals surface area contributed by atoms with Gasteiger partial charge in [-0.3, -0.25) is 0 Å². The highest BCUT2D eigenvalue weighted by atomic mass is 19.1. The van der Waals surface area contributed by atoms with Crippen molar-refractivity contribution in [3.63, 3.8) is 0 Å². The molecule has 0 saturated heterocycles. The molecule has 88 valence electrons. The van der Waals surface area contributed by atoms with Gasteiger partial charge in [-0.1, -0.05) is 0 Å². The third-order valence-electron chi connectivity index (χ3n) is 2.40. The van der Waals surface area contributed by atoms with Gasteiger partial charge in [0.2, 0.25) is 0 Å². The van der Waals surface area contributed by atoms with Crippen LogP contribution in [0.2, 0.25) is 0 Å². The normalized spacial score (nSPS) is 13.7. The number of methoxy groups -OCH3 is 1. The molecule has 0 atom stereocenters. The SMILES string of the molecule is COc1c(F)cc2c(c1CCO)OCCO2. The smallest absolute Gasteiger partial charge is 0.169 e. The maximum absolute atomic E-state index is 13.6. The van der Waals surface area contributed by atoms with Crippen molar-refractivity contribution in [2.24, 2.45) is 0 Å². The van der Waals surface area contributed by atoms with Crippen molar-refractivity contribution in [1.82, 2.24) is 0 Å². The molecule has 2 rings (SSSR count). The Labute approximate surface area is 92.6 Å². The predicted octanol–water partition coefficient (Wildman–Crippen LogP) is 1.14. The van der Waals surface area contributed by atoms with Crippen molar-refractivity contribution in [3.05, 3.63) is 17.4 Å². The van der Waals surface area contributed by atoms with Gasteiger partial charge < -0.3 is 19.3 Å². The third-order valence-corrected chi connectivity index (χ3v) is 2.40. The van der Waals surface area contributed by atoms with Crippen molar-refractivity contribution in [1.29, 1.82) is 0 Å². The molecule has 5 heteroatoms. The number of fused-ring (bicyclic) bond motifs is 1. The van der Waals surface area contributed by atoms with Crippen LogP contribution in [-0.4, -0.2) is 32.0 Å². The number of halogens is 1. The minimum atomic E-state index is -0.504. The van der Waals surface area contributed by atoms with Gasteiger partial charge in [0, 0.05) is 24.7 Å². The molecule has 1 heterocycles. The molecule has 0 amide bonds. The summed E-state index contributed by atoms with van der Waals surface area (Å²) in [6.07, 6.45) is 0.270. The molecule has 0 aliphatic carbocycles. The molecule has 0 bridgehead atoms. The fourth-order valence-electron chi connectivity index (χ4n) is 1.76. The van der Waals surface area contributed by atoms with E-state index in [4.69, 9.17) is 19.3 Å². The second-order valence-corrected chi connectivity index (χ2v) is 3.37. The van der Waals surface area contributed by atoms with E-state index in [0.717, 1.165) is 0 Å². The van der Waals surface area contributed by atoms with E-state index < -0.39 is 5.82 Å². The quantitative estimate of drug-likeness (QED) is 0.842. The fraction of sp³-hybridized carbons (Fsp3) is 0.455. The molecule has 0 aromatic heterocycles. The minimum Gasteiger partial charge on any atom is -0.493 e. The number of hydrogen-bond acceptors (Lipinski definition) is 4. The van der Waals surface area contributed by atoms with Crippen LogP contribution in [0.1, 0.15) is 5.56 Å². The first-order valence-corrected chi connectivity index (χ1v) is 5.03. The van der Waals surface area contributed by atoms with Gasteiger partial charge >= 0.3 is 0 Å². The molecular formula is C11H13FO4. The molecule has 0 fully saturated rings. The molecule has 1 aromatic carbocycles. The van der Waals surface area contributed by atoms with Gasteiger partial charge in [-0.25, -0.2) is 4.39 Å². The van der Waals surface area contributed by atoms with E-state index in [1.165, 1.54) is 13.2 Å². The summed E-state index contributed by atoms with van der Waals surface area (Å²) in [4.78, 5) is 0. The zero-order valence-corrected chi connectivity index (χ0v) is 8.96. The Morgan fingerprint density at radius 3 is 2.88 bits per heavy atom. The summed E-state index contributed by atoms with van der Waals surface area (Å²) in [5, 5.41) is 8.96. The number of aliphatic hydroxyl groups excluding tert-OH is 1. The third kappa shape index (κ3) is 1.78. The van der Waals surface area contributed by atoms with Gasteiger partial charge in [0.05, 0.1) is 7.11 Å². The van der Waals surface area contributed by atoms with Gasteiger partial charge in [0.15, 0.2) is 23.1 Å². The van der Waals surface area contributed by atoms with Gasteiger partial charge in [-0.05, 0) is 0 Å². The predicted molar refractivity (Wildman–Crippen MR) is 54.7 cm³/mol. The summed E-state index contributed by atoms with van der Waals surface area (Å²) in [7, 11) is 1.38. The van der Waals surface area contributed by atoms with Crippen LogP contribution in [0, 0.1) is 5.82 Å². The number of rotatable bonds is 3. The van der Waals surface area contributed by atoms with Crippen LogP contribution >= 0.6 is 0 Å². The van der Waals surface area contributed by atoms with E-state index in [1.54, 1.807) is 0 Å². The average Bonchev–Trinajstić information content (AvgIpc) is 2.29. The second-order valence-electron chi connectivity index (χ2n) is 3.37.